The van der Waals surface area contributed by atoms with Crippen LogP contribution in [0.1, 0.15) is 24.0 Å². The van der Waals surface area contributed by atoms with Crippen LogP contribution in [0.5, 0.6) is 0 Å². The fraction of sp³-hybridized carbons (Fsp3) is 0.571. The molecule has 0 atom stereocenters. The van der Waals surface area contributed by atoms with Crippen LogP contribution in [0.4, 0.5) is 0 Å². The summed E-state index contributed by atoms with van der Waals surface area (Å²) in [5.74, 6) is 0.659. The lowest BCUT2D eigenvalue weighted by molar-refractivity contribution is 0.129. The highest BCUT2D eigenvalue weighted by atomic mass is 32.2. The number of hydrogen-bond acceptors (Lipinski definition) is 4. The molecule has 6 heteroatoms. The standard InChI is InChI=1S/C14H22N2O3S/c15-9-13-3-1-2-4-14(13)11-20(17,18)16-7-8-19-10-12-5-6-12/h1-4,12,16H,5-11,15H2. The fourth-order valence-corrected chi connectivity index (χ4v) is 3.14. The molecule has 0 bridgehead atoms. The second kappa shape index (κ2) is 7.17. The highest BCUT2D eigenvalue weighted by Gasteiger charge is 2.21. The molecule has 1 aliphatic carbocycles. The van der Waals surface area contributed by atoms with Gasteiger partial charge in [0.2, 0.25) is 10.0 Å². The van der Waals surface area contributed by atoms with Gasteiger partial charge in [0.1, 0.15) is 0 Å². The number of hydrogen-bond donors (Lipinski definition) is 2. The third kappa shape index (κ3) is 5.20. The second-order valence-corrected chi connectivity index (χ2v) is 6.95. The lowest BCUT2D eigenvalue weighted by Gasteiger charge is -2.10. The molecule has 3 N–H and O–H groups in total. The minimum atomic E-state index is -3.34. The number of ether oxygens (including phenoxy) is 1. The van der Waals surface area contributed by atoms with E-state index >= 15 is 0 Å². The minimum absolute atomic E-state index is 0.0387. The van der Waals surface area contributed by atoms with Crippen LogP contribution in [-0.2, 0) is 27.1 Å². The van der Waals surface area contributed by atoms with Crippen molar-refractivity contribution in [2.24, 2.45) is 11.7 Å². The van der Waals surface area contributed by atoms with E-state index in [4.69, 9.17) is 10.5 Å². The Labute approximate surface area is 120 Å². The van der Waals surface area contributed by atoms with Crippen LogP contribution in [0, 0.1) is 5.92 Å². The van der Waals surface area contributed by atoms with E-state index in [2.05, 4.69) is 4.72 Å². The molecule has 0 unspecified atom stereocenters. The zero-order valence-corrected chi connectivity index (χ0v) is 12.4. The molecule has 1 aliphatic rings. The first-order valence-electron chi connectivity index (χ1n) is 6.92. The average Bonchev–Trinajstić information content (AvgIpc) is 3.22. The summed E-state index contributed by atoms with van der Waals surface area (Å²) in [4.78, 5) is 0. The van der Waals surface area contributed by atoms with Gasteiger partial charge in [0.15, 0.2) is 0 Å². The number of benzene rings is 1. The first-order chi connectivity index (χ1) is 9.61. The highest BCUT2D eigenvalue weighted by Crippen LogP contribution is 2.28. The van der Waals surface area contributed by atoms with E-state index in [0.717, 1.165) is 17.7 Å². The molecular weight excluding hydrogens is 276 g/mol. The molecule has 0 aromatic heterocycles. The summed E-state index contributed by atoms with van der Waals surface area (Å²) in [6.45, 7) is 1.84. The molecule has 0 radical (unpaired) electrons. The first kappa shape index (κ1) is 15.4. The molecule has 0 amide bonds. The number of rotatable bonds is 9. The van der Waals surface area contributed by atoms with Crippen molar-refractivity contribution in [1.82, 2.24) is 4.72 Å². The van der Waals surface area contributed by atoms with Crippen LogP contribution in [0.15, 0.2) is 24.3 Å². The van der Waals surface area contributed by atoms with Crippen molar-refractivity contribution in [2.75, 3.05) is 19.8 Å². The molecule has 0 aliphatic heterocycles. The van der Waals surface area contributed by atoms with E-state index in [-0.39, 0.29) is 5.75 Å². The maximum absolute atomic E-state index is 12.0. The van der Waals surface area contributed by atoms with Crippen LogP contribution in [0.3, 0.4) is 0 Å². The Hall–Kier alpha value is -0.950. The zero-order valence-electron chi connectivity index (χ0n) is 11.5. The molecule has 1 aromatic carbocycles. The lowest BCUT2D eigenvalue weighted by atomic mass is 10.1. The molecule has 0 saturated heterocycles. The SMILES string of the molecule is NCc1ccccc1CS(=O)(=O)NCCOCC1CC1. The predicted molar refractivity (Wildman–Crippen MR) is 78.5 cm³/mol. The Morgan fingerprint density at radius 3 is 2.60 bits per heavy atom. The van der Waals surface area contributed by atoms with Gasteiger partial charge in [-0.1, -0.05) is 24.3 Å². The van der Waals surface area contributed by atoms with Crippen LogP contribution >= 0.6 is 0 Å². The van der Waals surface area contributed by atoms with Crippen molar-refractivity contribution in [2.45, 2.75) is 25.1 Å². The van der Waals surface area contributed by atoms with Gasteiger partial charge in [-0.25, -0.2) is 13.1 Å². The Morgan fingerprint density at radius 2 is 1.95 bits per heavy atom. The van der Waals surface area contributed by atoms with E-state index in [1.807, 2.05) is 18.2 Å². The summed E-state index contributed by atoms with van der Waals surface area (Å²) in [6, 6.07) is 7.33. The smallest absolute Gasteiger partial charge is 0.215 e. The quantitative estimate of drug-likeness (QED) is 0.666. The zero-order chi connectivity index (χ0) is 14.4. The van der Waals surface area contributed by atoms with Crippen molar-refractivity contribution < 1.29 is 13.2 Å². The Balaban J connectivity index is 1.77. The van der Waals surface area contributed by atoms with E-state index in [0.29, 0.717) is 25.6 Å². The van der Waals surface area contributed by atoms with Gasteiger partial charge in [0, 0.05) is 19.7 Å². The van der Waals surface area contributed by atoms with E-state index in [1.165, 1.54) is 12.8 Å². The molecule has 20 heavy (non-hydrogen) atoms. The summed E-state index contributed by atoms with van der Waals surface area (Å²) >= 11 is 0. The van der Waals surface area contributed by atoms with Crippen molar-refractivity contribution >= 4 is 10.0 Å². The summed E-state index contributed by atoms with van der Waals surface area (Å²) in [5, 5.41) is 0. The van der Waals surface area contributed by atoms with Crippen molar-refractivity contribution in [3.05, 3.63) is 35.4 Å². The summed E-state index contributed by atoms with van der Waals surface area (Å²) < 4.78 is 31.9. The van der Waals surface area contributed by atoms with Crippen molar-refractivity contribution in [3.63, 3.8) is 0 Å². The first-order valence-corrected chi connectivity index (χ1v) is 8.58. The van der Waals surface area contributed by atoms with Gasteiger partial charge in [0.05, 0.1) is 12.4 Å². The highest BCUT2D eigenvalue weighted by molar-refractivity contribution is 7.88. The lowest BCUT2D eigenvalue weighted by Crippen LogP contribution is -2.29. The molecular formula is C14H22N2O3S. The van der Waals surface area contributed by atoms with E-state index < -0.39 is 10.0 Å². The van der Waals surface area contributed by atoms with Crippen LogP contribution in [0.25, 0.3) is 0 Å². The molecule has 0 heterocycles. The van der Waals surface area contributed by atoms with Gasteiger partial charge in [-0.05, 0) is 29.9 Å². The maximum Gasteiger partial charge on any atom is 0.215 e. The van der Waals surface area contributed by atoms with Crippen LogP contribution in [0.2, 0.25) is 0 Å². The van der Waals surface area contributed by atoms with Crippen molar-refractivity contribution in [1.29, 1.82) is 0 Å². The Kier molecular flexibility index (Phi) is 5.54. The average molecular weight is 298 g/mol. The van der Waals surface area contributed by atoms with Crippen molar-refractivity contribution in [3.8, 4) is 0 Å². The molecule has 2 rings (SSSR count). The number of sulfonamides is 1. The van der Waals surface area contributed by atoms with Gasteiger partial charge >= 0.3 is 0 Å². The van der Waals surface area contributed by atoms with Gasteiger partial charge in [0.25, 0.3) is 0 Å². The molecule has 1 aromatic rings. The summed E-state index contributed by atoms with van der Waals surface area (Å²) in [5.41, 5.74) is 7.22. The second-order valence-electron chi connectivity index (χ2n) is 5.14. The molecule has 1 fully saturated rings. The Bertz CT molecular complexity index is 527. The van der Waals surface area contributed by atoms with Gasteiger partial charge in [-0.2, -0.15) is 0 Å². The molecule has 1 saturated carbocycles. The maximum atomic E-state index is 12.0. The summed E-state index contributed by atoms with van der Waals surface area (Å²) in [7, 11) is -3.34. The van der Waals surface area contributed by atoms with Gasteiger partial charge in [-0.15, -0.1) is 0 Å². The Morgan fingerprint density at radius 1 is 1.25 bits per heavy atom. The van der Waals surface area contributed by atoms with E-state index in [1.54, 1.807) is 6.07 Å². The van der Waals surface area contributed by atoms with Gasteiger partial charge < -0.3 is 10.5 Å². The predicted octanol–water partition coefficient (Wildman–Crippen LogP) is 0.991. The van der Waals surface area contributed by atoms with Crippen LogP contribution < -0.4 is 10.5 Å². The molecule has 5 nitrogen and oxygen atoms in total. The minimum Gasteiger partial charge on any atom is -0.380 e. The van der Waals surface area contributed by atoms with E-state index in [9.17, 15) is 8.42 Å². The topological polar surface area (TPSA) is 81.4 Å². The normalized spacial score (nSPS) is 15.4. The number of nitrogens with one attached hydrogen (secondary N) is 1. The third-order valence-electron chi connectivity index (χ3n) is 3.30. The molecule has 0 spiro atoms. The summed E-state index contributed by atoms with van der Waals surface area (Å²) in [6.07, 6.45) is 2.48. The monoisotopic (exact) mass is 298 g/mol. The fourth-order valence-electron chi connectivity index (χ4n) is 1.96. The van der Waals surface area contributed by atoms with Crippen LogP contribution in [-0.4, -0.2) is 28.2 Å². The van der Waals surface area contributed by atoms with Gasteiger partial charge in [-0.3, -0.25) is 0 Å². The number of nitrogens with two attached hydrogens (primary N) is 1. The third-order valence-corrected chi connectivity index (χ3v) is 4.64. The largest absolute Gasteiger partial charge is 0.380 e. The molecule has 112 valence electrons.